The van der Waals surface area contributed by atoms with Crippen molar-refractivity contribution in [3.8, 4) is 0 Å². The minimum atomic E-state index is -0.829. The summed E-state index contributed by atoms with van der Waals surface area (Å²) in [7, 11) is -0.829. The number of anilines is 1. The molecule has 1 aliphatic rings. The van der Waals surface area contributed by atoms with Gasteiger partial charge in [0.25, 0.3) is 0 Å². The van der Waals surface area contributed by atoms with E-state index in [1.165, 1.54) is 42.7 Å². The number of nitrogens with one attached hydrogen (secondary N) is 1. The summed E-state index contributed by atoms with van der Waals surface area (Å²) >= 11 is 0. The Morgan fingerprint density at radius 3 is 1.96 bits per heavy atom. The van der Waals surface area contributed by atoms with Gasteiger partial charge in [-0.2, -0.15) is 0 Å². The van der Waals surface area contributed by atoms with E-state index in [9.17, 15) is 4.39 Å². The van der Waals surface area contributed by atoms with Gasteiger partial charge in [0.15, 0.2) is 0 Å². The Kier molecular flexibility index (Phi) is 6.07. The van der Waals surface area contributed by atoms with Crippen LogP contribution >= 0.6 is 7.92 Å². The molecular formula is C25H27FNP. The molecule has 3 aromatic rings. The predicted molar refractivity (Wildman–Crippen MR) is 120 cm³/mol. The Labute approximate surface area is 168 Å². The molecule has 1 aliphatic carbocycles. The SMILES string of the molecule is Cc1cc(F)cc(P(c2ccccc2)c2ccccc2)c1NC1CCCCC1. The van der Waals surface area contributed by atoms with Crippen LogP contribution in [-0.4, -0.2) is 6.04 Å². The van der Waals surface area contributed by atoms with Gasteiger partial charge in [0.1, 0.15) is 5.82 Å². The fourth-order valence-electron chi connectivity index (χ4n) is 4.12. The first kappa shape index (κ1) is 19.2. The summed E-state index contributed by atoms with van der Waals surface area (Å²) in [6, 6.07) is 25.0. The Bertz CT molecular complexity index is 865. The van der Waals surface area contributed by atoms with Crippen LogP contribution in [0.15, 0.2) is 72.8 Å². The van der Waals surface area contributed by atoms with E-state index in [2.05, 4.69) is 53.8 Å². The highest BCUT2D eigenvalue weighted by atomic mass is 31.1. The average molecular weight is 391 g/mol. The number of rotatable bonds is 5. The Hall–Kier alpha value is -2.18. The normalized spacial score (nSPS) is 15.0. The van der Waals surface area contributed by atoms with Gasteiger partial charge >= 0.3 is 0 Å². The lowest BCUT2D eigenvalue weighted by atomic mass is 9.95. The zero-order valence-corrected chi connectivity index (χ0v) is 17.3. The maximum absolute atomic E-state index is 14.6. The molecule has 0 saturated heterocycles. The molecule has 1 N–H and O–H groups in total. The average Bonchev–Trinajstić information content (AvgIpc) is 2.73. The van der Waals surface area contributed by atoms with Gasteiger partial charge in [0.05, 0.1) is 0 Å². The van der Waals surface area contributed by atoms with Crippen molar-refractivity contribution in [3.63, 3.8) is 0 Å². The van der Waals surface area contributed by atoms with Gasteiger partial charge in [0.2, 0.25) is 0 Å². The number of aryl methyl sites for hydroxylation is 1. The van der Waals surface area contributed by atoms with Crippen LogP contribution in [-0.2, 0) is 0 Å². The third kappa shape index (κ3) is 4.28. The van der Waals surface area contributed by atoms with Crippen LogP contribution in [0.5, 0.6) is 0 Å². The van der Waals surface area contributed by atoms with Crippen LogP contribution in [0.4, 0.5) is 10.1 Å². The molecule has 1 nitrogen and oxygen atoms in total. The molecule has 0 spiro atoms. The fraction of sp³-hybridized carbons (Fsp3) is 0.280. The molecule has 0 atom stereocenters. The van der Waals surface area contributed by atoms with Crippen molar-refractivity contribution in [2.45, 2.75) is 45.1 Å². The van der Waals surface area contributed by atoms with Crippen LogP contribution in [0.3, 0.4) is 0 Å². The van der Waals surface area contributed by atoms with E-state index in [0.717, 1.165) is 16.6 Å². The predicted octanol–water partition coefficient (Wildman–Crippen LogP) is 5.64. The maximum atomic E-state index is 14.6. The summed E-state index contributed by atoms with van der Waals surface area (Å²) in [5.41, 5.74) is 2.13. The highest BCUT2D eigenvalue weighted by molar-refractivity contribution is 7.80. The molecule has 3 heteroatoms. The Morgan fingerprint density at radius 1 is 0.821 bits per heavy atom. The third-order valence-electron chi connectivity index (χ3n) is 5.50. The molecule has 144 valence electrons. The molecule has 0 unspecified atom stereocenters. The van der Waals surface area contributed by atoms with E-state index >= 15 is 0 Å². The molecule has 0 radical (unpaired) electrons. The van der Waals surface area contributed by atoms with E-state index in [1.54, 1.807) is 12.1 Å². The number of hydrogen-bond donors (Lipinski definition) is 1. The summed E-state index contributed by atoms with van der Waals surface area (Å²) in [5, 5.41) is 7.41. The van der Waals surface area contributed by atoms with Crippen LogP contribution in [0.2, 0.25) is 0 Å². The fourth-order valence-corrected chi connectivity index (χ4v) is 6.63. The summed E-state index contributed by atoms with van der Waals surface area (Å²) in [5.74, 6) is -0.152. The zero-order valence-electron chi connectivity index (χ0n) is 16.4. The highest BCUT2D eigenvalue weighted by Gasteiger charge is 2.23. The van der Waals surface area contributed by atoms with Crippen molar-refractivity contribution < 1.29 is 4.39 Å². The number of hydrogen-bond acceptors (Lipinski definition) is 1. The molecule has 0 bridgehead atoms. The zero-order chi connectivity index (χ0) is 19.3. The van der Waals surface area contributed by atoms with E-state index in [0.29, 0.717) is 6.04 Å². The lowest BCUT2D eigenvalue weighted by molar-refractivity contribution is 0.462. The molecule has 0 heterocycles. The minimum absolute atomic E-state index is 0.152. The van der Waals surface area contributed by atoms with Gasteiger partial charge in [-0.1, -0.05) is 79.9 Å². The van der Waals surface area contributed by atoms with Gasteiger partial charge in [-0.15, -0.1) is 0 Å². The first-order valence-electron chi connectivity index (χ1n) is 10.2. The van der Waals surface area contributed by atoms with Crippen LogP contribution < -0.4 is 21.2 Å². The van der Waals surface area contributed by atoms with Crippen molar-refractivity contribution in [1.82, 2.24) is 0 Å². The number of benzene rings is 3. The first-order chi connectivity index (χ1) is 13.7. The van der Waals surface area contributed by atoms with Crippen LogP contribution in [0.1, 0.15) is 37.7 Å². The van der Waals surface area contributed by atoms with Gasteiger partial charge in [-0.3, -0.25) is 0 Å². The molecule has 0 aliphatic heterocycles. The lowest BCUT2D eigenvalue weighted by Crippen LogP contribution is -2.29. The van der Waals surface area contributed by atoms with E-state index in [1.807, 2.05) is 19.1 Å². The first-order valence-corrected chi connectivity index (χ1v) is 11.5. The van der Waals surface area contributed by atoms with E-state index in [-0.39, 0.29) is 5.82 Å². The second kappa shape index (κ2) is 8.88. The smallest absolute Gasteiger partial charge is 0.124 e. The molecule has 1 fully saturated rings. The molecule has 0 amide bonds. The second-order valence-corrected chi connectivity index (χ2v) is 9.79. The van der Waals surface area contributed by atoms with Crippen molar-refractivity contribution in [2.24, 2.45) is 0 Å². The summed E-state index contributed by atoms with van der Waals surface area (Å²) in [4.78, 5) is 0. The quantitative estimate of drug-likeness (QED) is 0.555. The number of halogens is 1. The summed E-state index contributed by atoms with van der Waals surface area (Å²) < 4.78 is 14.6. The van der Waals surface area contributed by atoms with Gasteiger partial charge in [-0.05, 0) is 56.0 Å². The highest BCUT2D eigenvalue weighted by Crippen LogP contribution is 2.38. The molecular weight excluding hydrogens is 364 g/mol. The standard InChI is InChI=1S/C25H27FNP/c1-19-17-20(26)18-24(25(19)27-21-11-5-2-6-12-21)28(22-13-7-3-8-14-22)23-15-9-4-10-16-23/h3-4,7-10,13-18,21,27H,2,5-6,11-12H2,1H3. The monoisotopic (exact) mass is 391 g/mol. The summed E-state index contributed by atoms with van der Waals surface area (Å²) in [6.45, 7) is 2.03. The van der Waals surface area contributed by atoms with E-state index in [4.69, 9.17) is 0 Å². The van der Waals surface area contributed by atoms with Crippen LogP contribution in [0, 0.1) is 12.7 Å². The van der Waals surface area contributed by atoms with Gasteiger partial charge in [0, 0.05) is 17.0 Å². The lowest BCUT2D eigenvalue weighted by Gasteiger charge is -2.29. The largest absolute Gasteiger partial charge is 0.382 e. The second-order valence-electron chi connectivity index (χ2n) is 7.60. The minimum Gasteiger partial charge on any atom is -0.382 e. The van der Waals surface area contributed by atoms with E-state index < -0.39 is 7.92 Å². The summed E-state index contributed by atoms with van der Waals surface area (Å²) in [6.07, 6.45) is 6.28. The Balaban J connectivity index is 1.83. The molecule has 0 aromatic heterocycles. The van der Waals surface area contributed by atoms with Gasteiger partial charge in [-0.25, -0.2) is 4.39 Å². The maximum Gasteiger partial charge on any atom is 0.124 e. The van der Waals surface area contributed by atoms with Gasteiger partial charge < -0.3 is 5.32 Å². The van der Waals surface area contributed by atoms with Crippen molar-refractivity contribution >= 4 is 29.5 Å². The topological polar surface area (TPSA) is 12.0 Å². The molecule has 28 heavy (non-hydrogen) atoms. The van der Waals surface area contributed by atoms with Crippen LogP contribution in [0.25, 0.3) is 0 Å². The molecule has 3 aromatic carbocycles. The van der Waals surface area contributed by atoms with Crippen molar-refractivity contribution in [2.75, 3.05) is 5.32 Å². The Morgan fingerprint density at radius 2 is 1.39 bits per heavy atom. The van der Waals surface area contributed by atoms with Crippen molar-refractivity contribution in [1.29, 1.82) is 0 Å². The third-order valence-corrected chi connectivity index (χ3v) is 7.97. The van der Waals surface area contributed by atoms with Crippen molar-refractivity contribution in [3.05, 3.63) is 84.2 Å². The molecule has 4 rings (SSSR count). The molecule has 1 saturated carbocycles.